The Kier molecular flexibility index (Phi) is 3.65. The fourth-order valence-electron chi connectivity index (χ4n) is 3.88. The van der Waals surface area contributed by atoms with Crippen molar-refractivity contribution in [1.82, 2.24) is 14.5 Å². The molecule has 1 aliphatic rings. The summed E-state index contributed by atoms with van der Waals surface area (Å²) in [5.74, 6) is -0.00588. The fraction of sp³-hybridized carbons (Fsp3) is 0.238. The number of aromatic nitrogens is 3. The van der Waals surface area contributed by atoms with Gasteiger partial charge >= 0.3 is 0 Å². The third kappa shape index (κ3) is 2.32. The van der Waals surface area contributed by atoms with Crippen molar-refractivity contribution in [3.05, 3.63) is 42.5 Å². The van der Waals surface area contributed by atoms with Crippen molar-refractivity contribution in [3.63, 3.8) is 0 Å². The summed E-state index contributed by atoms with van der Waals surface area (Å²) in [5.41, 5.74) is 8.98. The minimum Gasteiger partial charge on any atom is -0.494 e. The van der Waals surface area contributed by atoms with Crippen LogP contribution >= 0.6 is 0 Å². The molecule has 7 heteroatoms. The number of nitrogens with zero attached hydrogens (tertiary/aromatic N) is 3. The summed E-state index contributed by atoms with van der Waals surface area (Å²) >= 11 is 0. The number of nitrogen functional groups attached to an aromatic ring is 1. The normalized spacial score (nSPS) is 14.5. The lowest BCUT2D eigenvalue weighted by molar-refractivity contribution is 0.283. The number of anilines is 1. The number of ether oxygens (including phenoxy) is 1. The molecular weight excluding hydrogens is 359 g/mol. The molecule has 0 radical (unpaired) electrons. The number of para-hydroxylation sites is 1. The average molecular weight is 378 g/mol. The fourth-order valence-corrected chi connectivity index (χ4v) is 3.88. The standard InChI is InChI=1S/C21H19FN4O2/c1-28-17-8-14(15(22)9-24-17)12-6-3-7-13-19(23)18-16(25-20(12)13)10-26(21(18)27)11-4-2-5-11/h3,6-11,27H,2,4-5,23H2,1H3. The summed E-state index contributed by atoms with van der Waals surface area (Å²) < 4.78 is 21.5. The molecule has 0 bridgehead atoms. The van der Waals surface area contributed by atoms with Gasteiger partial charge in [0, 0.05) is 34.8 Å². The summed E-state index contributed by atoms with van der Waals surface area (Å²) in [5, 5.41) is 11.9. The van der Waals surface area contributed by atoms with Gasteiger partial charge in [-0.3, -0.25) is 0 Å². The first-order valence-electron chi connectivity index (χ1n) is 9.20. The molecule has 1 aliphatic carbocycles. The highest BCUT2D eigenvalue weighted by atomic mass is 19.1. The molecule has 0 unspecified atom stereocenters. The first kappa shape index (κ1) is 16.8. The quantitative estimate of drug-likeness (QED) is 0.551. The van der Waals surface area contributed by atoms with Gasteiger partial charge in [-0.1, -0.05) is 18.2 Å². The van der Waals surface area contributed by atoms with E-state index in [0.29, 0.717) is 44.5 Å². The first-order chi connectivity index (χ1) is 13.6. The van der Waals surface area contributed by atoms with Gasteiger partial charge in [0.1, 0.15) is 5.82 Å². The molecule has 0 spiro atoms. The van der Waals surface area contributed by atoms with Crippen molar-refractivity contribution in [2.45, 2.75) is 25.3 Å². The van der Waals surface area contributed by atoms with E-state index in [1.165, 1.54) is 7.11 Å². The number of hydrogen-bond donors (Lipinski definition) is 2. The van der Waals surface area contributed by atoms with Crippen LogP contribution in [-0.4, -0.2) is 26.8 Å². The minimum atomic E-state index is -0.469. The van der Waals surface area contributed by atoms with E-state index in [4.69, 9.17) is 15.5 Å². The number of fused-ring (bicyclic) bond motifs is 2. The third-order valence-corrected chi connectivity index (χ3v) is 5.61. The molecule has 3 aromatic heterocycles. The average Bonchev–Trinajstić information content (AvgIpc) is 2.97. The lowest BCUT2D eigenvalue weighted by Crippen LogP contribution is -2.15. The summed E-state index contributed by atoms with van der Waals surface area (Å²) in [6.45, 7) is 0. The number of nitrogens with two attached hydrogens (primary N) is 1. The van der Waals surface area contributed by atoms with E-state index in [0.717, 1.165) is 25.5 Å². The Bertz CT molecular complexity index is 1230. The van der Waals surface area contributed by atoms with Gasteiger partial charge in [0.2, 0.25) is 11.8 Å². The van der Waals surface area contributed by atoms with Crippen molar-refractivity contribution >= 4 is 27.5 Å². The molecule has 5 rings (SSSR count). The smallest absolute Gasteiger partial charge is 0.213 e. The van der Waals surface area contributed by atoms with Crippen LogP contribution in [0.1, 0.15) is 25.3 Å². The molecule has 6 nitrogen and oxygen atoms in total. The van der Waals surface area contributed by atoms with E-state index in [1.807, 2.05) is 16.8 Å². The molecule has 0 atom stereocenters. The Morgan fingerprint density at radius 3 is 2.82 bits per heavy atom. The van der Waals surface area contributed by atoms with Crippen LogP contribution in [0.15, 0.2) is 36.7 Å². The number of methoxy groups -OCH3 is 1. The van der Waals surface area contributed by atoms with Gasteiger partial charge < -0.3 is 20.1 Å². The van der Waals surface area contributed by atoms with Crippen LogP contribution in [0.25, 0.3) is 32.9 Å². The number of hydrogen-bond acceptors (Lipinski definition) is 5. The lowest BCUT2D eigenvalue weighted by Gasteiger charge is -2.27. The van der Waals surface area contributed by atoms with Gasteiger partial charge in [0.15, 0.2) is 0 Å². The van der Waals surface area contributed by atoms with E-state index >= 15 is 0 Å². The molecule has 1 fully saturated rings. The largest absolute Gasteiger partial charge is 0.494 e. The molecule has 28 heavy (non-hydrogen) atoms. The summed E-state index contributed by atoms with van der Waals surface area (Å²) in [6.07, 6.45) is 6.18. The zero-order valence-corrected chi connectivity index (χ0v) is 15.3. The molecule has 1 aromatic carbocycles. The van der Waals surface area contributed by atoms with Gasteiger partial charge in [-0.2, -0.15) is 0 Å². The van der Waals surface area contributed by atoms with Crippen molar-refractivity contribution in [1.29, 1.82) is 0 Å². The maximum Gasteiger partial charge on any atom is 0.213 e. The molecule has 3 heterocycles. The van der Waals surface area contributed by atoms with Crippen LogP contribution in [0.3, 0.4) is 0 Å². The Morgan fingerprint density at radius 1 is 1.29 bits per heavy atom. The number of aromatic hydroxyl groups is 1. The van der Waals surface area contributed by atoms with Crippen LogP contribution in [0.4, 0.5) is 10.1 Å². The molecule has 0 saturated heterocycles. The Balaban J connectivity index is 1.81. The van der Waals surface area contributed by atoms with E-state index in [2.05, 4.69) is 4.98 Å². The zero-order chi connectivity index (χ0) is 19.4. The highest BCUT2D eigenvalue weighted by Crippen LogP contribution is 2.43. The zero-order valence-electron chi connectivity index (χ0n) is 15.3. The van der Waals surface area contributed by atoms with Crippen molar-refractivity contribution in [3.8, 4) is 22.9 Å². The van der Waals surface area contributed by atoms with E-state index in [9.17, 15) is 9.50 Å². The molecule has 1 saturated carbocycles. The van der Waals surface area contributed by atoms with Gasteiger partial charge in [0.05, 0.1) is 35.4 Å². The Labute approximate surface area is 160 Å². The van der Waals surface area contributed by atoms with Gasteiger partial charge in [0.25, 0.3) is 0 Å². The summed E-state index contributed by atoms with van der Waals surface area (Å²) in [7, 11) is 1.48. The van der Waals surface area contributed by atoms with E-state index in [-0.39, 0.29) is 11.9 Å². The molecule has 142 valence electrons. The van der Waals surface area contributed by atoms with Crippen LogP contribution in [0.5, 0.6) is 11.8 Å². The number of benzene rings is 1. The number of rotatable bonds is 3. The van der Waals surface area contributed by atoms with Crippen LogP contribution in [-0.2, 0) is 0 Å². The summed E-state index contributed by atoms with van der Waals surface area (Å²) in [6, 6.07) is 7.24. The predicted octanol–water partition coefficient (Wildman–Crippen LogP) is 4.41. The molecule has 0 amide bonds. The Morgan fingerprint density at radius 2 is 2.11 bits per heavy atom. The van der Waals surface area contributed by atoms with Crippen LogP contribution < -0.4 is 10.5 Å². The maximum atomic E-state index is 14.5. The highest BCUT2D eigenvalue weighted by Gasteiger charge is 2.25. The third-order valence-electron chi connectivity index (χ3n) is 5.61. The minimum absolute atomic E-state index is 0.147. The molecule has 0 aliphatic heterocycles. The lowest BCUT2D eigenvalue weighted by atomic mass is 9.93. The van der Waals surface area contributed by atoms with Crippen LogP contribution in [0.2, 0.25) is 0 Å². The topological polar surface area (TPSA) is 86.2 Å². The van der Waals surface area contributed by atoms with Gasteiger partial charge in [-0.25, -0.2) is 14.4 Å². The number of pyridine rings is 2. The second-order valence-corrected chi connectivity index (χ2v) is 7.14. The summed E-state index contributed by atoms with van der Waals surface area (Å²) in [4.78, 5) is 8.65. The van der Waals surface area contributed by atoms with Crippen molar-refractivity contribution in [2.24, 2.45) is 0 Å². The maximum absolute atomic E-state index is 14.5. The van der Waals surface area contributed by atoms with Crippen molar-refractivity contribution < 1.29 is 14.2 Å². The SMILES string of the molecule is COc1cc(-c2cccc3c(N)c4c(O)n(C5CCC5)cc4nc23)c(F)cn1. The van der Waals surface area contributed by atoms with Crippen molar-refractivity contribution in [2.75, 3.05) is 12.8 Å². The first-order valence-corrected chi connectivity index (χ1v) is 9.20. The van der Waals surface area contributed by atoms with E-state index < -0.39 is 5.82 Å². The monoisotopic (exact) mass is 378 g/mol. The van der Waals surface area contributed by atoms with Crippen LogP contribution in [0, 0.1) is 5.82 Å². The van der Waals surface area contributed by atoms with Gasteiger partial charge in [-0.05, 0) is 19.3 Å². The predicted molar refractivity (Wildman–Crippen MR) is 106 cm³/mol. The molecule has 3 N–H and O–H groups in total. The Hall–Kier alpha value is -3.35. The van der Waals surface area contributed by atoms with E-state index in [1.54, 1.807) is 18.2 Å². The number of halogens is 1. The highest BCUT2D eigenvalue weighted by molar-refractivity contribution is 6.12. The van der Waals surface area contributed by atoms with Gasteiger partial charge in [-0.15, -0.1) is 0 Å². The second-order valence-electron chi connectivity index (χ2n) is 7.14. The molecular formula is C21H19FN4O2. The second kappa shape index (κ2) is 6.09. The molecule has 4 aromatic rings.